The standard InChI is InChI=1S/C23H29N3O6/c1-4-10-25(14-20(28)24-19-8-6-5-7-16(19)2)22(30)15-32-23(31)9-11-26-17(3)12-18(27)13-21(26)29/h5-8,12-13,27H,4,9-11,14-15H2,1-3H3,(H,24,28). The van der Waals surface area contributed by atoms with Crippen LogP contribution in [0.4, 0.5) is 5.69 Å². The first-order valence-electron chi connectivity index (χ1n) is 10.4. The van der Waals surface area contributed by atoms with Crippen LogP contribution < -0.4 is 10.9 Å². The molecule has 2 rings (SSSR count). The highest BCUT2D eigenvalue weighted by atomic mass is 16.5. The molecule has 1 aromatic carbocycles. The van der Waals surface area contributed by atoms with Gasteiger partial charge in [0, 0.05) is 30.5 Å². The van der Waals surface area contributed by atoms with E-state index in [-0.39, 0.29) is 31.2 Å². The fourth-order valence-electron chi connectivity index (χ4n) is 3.15. The van der Waals surface area contributed by atoms with Gasteiger partial charge in [0.1, 0.15) is 5.75 Å². The Hall–Kier alpha value is -3.62. The Morgan fingerprint density at radius 1 is 1.16 bits per heavy atom. The van der Waals surface area contributed by atoms with Gasteiger partial charge in [-0.3, -0.25) is 19.2 Å². The van der Waals surface area contributed by atoms with Gasteiger partial charge >= 0.3 is 5.97 Å². The number of esters is 1. The molecule has 32 heavy (non-hydrogen) atoms. The second-order valence-electron chi connectivity index (χ2n) is 7.43. The monoisotopic (exact) mass is 443 g/mol. The van der Waals surface area contributed by atoms with E-state index in [1.807, 2.05) is 32.0 Å². The van der Waals surface area contributed by atoms with E-state index in [4.69, 9.17) is 4.74 Å². The lowest BCUT2D eigenvalue weighted by Gasteiger charge is -2.21. The number of aryl methyl sites for hydroxylation is 2. The van der Waals surface area contributed by atoms with Crippen LogP contribution in [0.5, 0.6) is 5.75 Å². The van der Waals surface area contributed by atoms with Crippen LogP contribution in [0.1, 0.15) is 31.0 Å². The highest BCUT2D eigenvalue weighted by Crippen LogP contribution is 2.13. The molecule has 0 atom stereocenters. The minimum absolute atomic E-state index is 0.0650. The number of nitrogens with zero attached hydrogens (tertiary/aromatic N) is 2. The maximum absolute atomic E-state index is 12.5. The first kappa shape index (κ1) is 24.6. The van der Waals surface area contributed by atoms with Gasteiger partial charge < -0.3 is 24.6 Å². The predicted octanol–water partition coefficient (Wildman–Crippen LogP) is 1.98. The van der Waals surface area contributed by atoms with Gasteiger partial charge in [-0.05, 0) is 38.0 Å². The number of hydrogen-bond donors (Lipinski definition) is 2. The maximum atomic E-state index is 12.5. The number of anilines is 1. The Kier molecular flexibility index (Phi) is 9.00. The van der Waals surface area contributed by atoms with Crippen LogP contribution in [0.15, 0.2) is 41.2 Å². The maximum Gasteiger partial charge on any atom is 0.308 e. The topological polar surface area (TPSA) is 118 Å². The molecule has 1 heterocycles. The number of benzene rings is 1. The number of hydrogen-bond acceptors (Lipinski definition) is 6. The van der Waals surface area contributed by atoms with Crippen LogP contribution in [0.25, 0.3) is 0 Å². The SMILES string of the molecule is CCCN(CC(=O)Nc1ccccc1C)C(=O)COC(=O)CCn1c(C)cc(O)cc1=O. The van der Waals surface area contributed by atoms with Gasteiger partial charge in [0.25, 0.3) is 11.5 Å². The fraction of sp³-hybridized carbons (Fsp3) is 0.391. The van der Waals surface area contributed by atoms with Crippen molar-refractivity contribution in [1.29, 1.82) is 0 Å². The van der Waals surface area contributed by atoms with Gasteiger partial charge in [0.15, 0.2) is 6.61 Å². The van der Waals surface area contributed by atoms with Crippen LogP contribution >= 0.6 is 0 Å². The Morgan fingerprint density at radius 2 is 1.88 bits per heavy atom. The third-order valence-corrected chi connectivity index (χ3v) is 4.82. The molecule has 2 amide bonds. The molecule has 0 saturated heterocycles. The van der Waals surface area contributed by atoms with E-state index in [2.05, 4.69) is 5.32 Å². The van der Waals surface area contributed by atoms with E-state index in [0.717, 1.165) is 11.6 Å². The first-order valence-corrected chi connectivity index (χ1v) is 10.4. The number of pyridine rings is 1. The van der Waals surface area contributed by atoms with E-state index < -0.39 is 24.0 Å². The summed E-state index contributed by atoms with van der Waals surface area (Å²) in [5, 5.41) is 12.2. The third kappa shape index (κ3) is 7.26. The molecule has 1 aromatic heterocycles. The van der Waals surface area contributed by atoms with Crippen molar-refractivity contribution < 1.29 is 24.2 Å². The number of carbonyl (C=O) groups excluding carboxylic acids is 3. The highest BCUT2D eigenvalue weighted by Gasteiger charge is 2.19. The van der Waals surface area contributed by atoms with E-state index in [9.17, 15) is 24.3 Å². The van der Waals surface area contributed by atoms with Crippen LogP contribution in [0.3, 0.4) is 0 Å². The summed E-state index contributed by atoms with van der Waals surface area (Å²) < 4.78 is 6.38. The third-order valence-electron chi connectivity index (χ3n) is 4.82. The fourth-order valence-corrected chi connectivity index (χ4v) is 3.15. The van der Waals surface area contributed by atoms with E-state index in [0.29, 0.717) is 24.3 Å². The number of nitrogens with one attached hydrogen (secondary N) is 1. The molecule has 0 aliphatic carbocycles. The normalized spacial score (nSPS) is 10.5. The van der Waals surface area contributed by atoms with Gasteiger partial charge in [-0.2, -0.15) is 0 Å². The molecule has 2 aromatic rings. The lowest BCUT2D eigenvalue weighted by molar-refractivity contribution is -0.152. The second kappa shape index (κ2) is 11.7. The molecule has 0 spiro atoms. The largest absolute Gasteiger partial charge is 0.508 e. The minimum atomic E-state index is -0.640. The molecule has 9 nitrogen and oxygen atoms in total. The van der Waals surface area contributed by atoms with Gasteiger partial charge in [-0.1, -0.05) is 25.1 Å². The molecule has 9 heteroatoms. The summed E-state index contributed by atoms with van der Waals surface area (Å²) in [6, 6.07) is 9.81. The van der Waals surface area contributed by atoms with E-state index in [1.54, 1.807) is 13.0 Å². The number of aromatic hydroxyl groups is 1. The van der Waals surface area contributed by atoms with Gasteiger partial charge in [0.2, 0.25) is 5.91 Å². The van der Waals surface area contributed by atoms with Crippen LogP contribution in [0, 0.1) is 13.8 Å². The minimum Gasteiger partial charge on any atom is -0.508 e. The summed E-state index contributed by atoms with van der Waals surface area (Å²) in [5.74, 6) is -1.59. The Balaban J connectivity index is 1.86. The van der Waals surface area contributed by atoms with E-state index in [1.165, 1.54) is 15.5 Å². The zero-order valence-electron chi connectivity index (χ0n) is 18.6. The van der Waals surface area contributed by atoms with Gasteiger partial charge in [0.05, 0.1) is 13.0 Å². The molecule has 0 unspecified atom stereocenters. The van der Waals surface area contributed by atoms with Crippen LogP contribution in [-0.4, -0.2) is 52.1 Å². The molecule has 0 radical (unpaired) electrons. The molecular formula is C23H29N3O6. The average molecular weight is 444 g/mol. The van der Waals surface area contributed by atoms with Gasteiger partial charge in [-0.15, -0.1) is 0 Å². The second-order valence-corrected chi connectivity index (χ2v) is 7.43. The Labute approximate surface area is 186 Å². The molecule has 0 bridgehead atoms. The summed E-state index contributed by atoms with van der Waals surface area (Å²) in [6.07, 6.45) is 0.528. The zero-order chi connectivity index (χ0) is 23.7. The van der Waals surface area contributed by atoms with Crippen LogP contribution in [-0.2, 0) is 25.7 Å². The lowest BCUT2D eigenvalue weighted by Crippen LogP contribution is -2.40. The molecule has 2 N–H and O–H groups in total. The molecular weight excluding hydrogens is 414 g/mol. The van der Waals surface area contributed by atoms with E-state index >= 15 is 0 Å². The quantitative estimate of drug-likeness (QED) is 0.542. The van der Waals surface area contributed by atoms with Crippen molar-refractivity contribution in [2.75, 3.05) is 25.0 Å². The lowest BCUT2D eigenvalue weighted by atomic mass is 10.2. The summed E-state index contributed by atoms with van der Waals surface area (Å²) in [5.41, 5.74) is 1.66. The Bertz CT molecular complexity index is 1030. The van der Waals surface area contributed by atoms with Crippen molar-refractivity contribution in [3.63, 3.8) is 0 Å². The molecule has 0 aliphatic heterocycles. The first-order chi connectivity index (χ1) is 15.2. The molecule has 0 aliphatic rings. The predicted molar refractivity (Wildman–Crippen MR) is 119 cm³/mol. The average Bonchev–Trinajstić information content (AvgIpc) is 2.72. The number of ether oxygens (including phenoxy) is 1. The van der Waals surface area contributed by atoms with Crippen molar-refractivity contribution in [1.82, 2.24) is 9.47 Å². The summed E-state index contributed by atoms with van der Waals surface area (Å²) in [6.45, 7) is 5.16. The number of para-hydroxylation sites is 1. The summed E-state index contributed by atoms with van der Waals surface area (Å²) >= 11 is 0. The zero-order valence-corrected chi connectivity index (χ0v) is 18.6. The number of rotatable bonds is 10. The van der Waals surface area contributed by atoms with Crippen LogP contribution in [0.2, 0.25) is 0 Å². The number of carbonyl (C=O) groups is 3. The smallest absolute Gasteiger partial charge is 0.308 e. The van der Waals surface area contributed by atoms with Crippen molar-refractivity contribution in [2.45, 2.75) is 40.2 Å². The van der Waals surface area contributed by atoms with Crippen molar-refractivity contribution in [3.05, 3.63) is 58.0 Å². The van der Waals surface area contributed by atoms with Crippen molar-refractivity contribution in [3.8, 4) is 5.75 Å². The van der Waals surface area contributed by atoms with Crippen molar-refractivity contribution in [2.24, 2.45) is 0 Å². The van der Waals surface area contributed by atoms with Gasteiger partial charge in [-0.25, -0.2) is 0 Å². The number of amides is 2. The van der Waals surface area contributed by atoms with Crippen molar-refractivity contribution >= 4 is 23.5 Å². The molecule has 0 saturated carbocycles. The number of aromatic nitrogens is 1. The summed E-state index contributed by atoms with van der Waals surface area (Å²) in [4.78, 5) is 50.2. The highest BCUT2D eigenvalue weighted by molar-refractivity contribution is 5.95. The molecule has 172 valence electrons. The molecule has 0 fully saturated rings. The summed E-state index contributed by atoms with van der Waals surface area (Å²) in [7, 11) is 0. The Morgan fingerprint density at radius 3 is 2.53 bits per heavy atom.